The fourth-order valence-corrected chi connectivity index (χ4v) is 10.9. The lowest BCUT2D eigenvalue weighted by Crippen LogP contribution is -2.16. The smallest absolute Gasteiger partial charge is 0.237 e. The number of hydrogen-bond donors (Lipinski definition) is 0. The molecule has 4 aromatic heterocycles. The summed E-state index contributed by atoms with van der Waals surface area (Å²) in [6.45, 7) is 9.49. The van der Waals surface area contributed by atoms with Crippen LogP contribution in [0, 0.1) is 17.9 Å². The van der Waals surface area contributed by atoms with Gasteiger partial charge in [0.1, 0.15) is 6.07 Å². The van der Waals surface area contributed by atoms with Crippen molar-refractivity contribution in [3.05, 3.63) is 197 Å². The molecule has 13 rings (SSSR count). The highest BCUT2D eigenvalue weighted by Crippen LogP contribution is 2.52. The maximum Gasteiger partial charge on any atom is 0.237 e. The average molecular weight is 793 g/mol. The third-order valence-corrected chi connectivity index (χ3v) is 13.4. The Morgan fingerprint density at radius 1 is 0.419 bits per heavy atom. The number of nitrogens with zero attached hydrogens (tertiary/aromatic N) is 6. The molecule has 0 aliphatic heterocycles. The molecular formula is C56H36N6. The van der Waals surface area contributed by atoms with Crippen LogP contribution < -0.4 is 0 Å². The normalized spacial score (nSPS) is 13.4. The predicted molar refractivity (Wildman–Crippen MR) is 254 cm³/mol. The van der Waals surface area contributed by atoms with Crippen molar-refractivity contribution in [2.45, 2.75) is 25.7 Å². The first-order valence-electron chi connectivity index (χ1n) is 21.3. The van der Waals surface area contributed by atoms with Crippen molar-refractivity contribution >= 4 is 83.3 Å². The second kappa shape index (κ2) is 13.1. The largest absolute Gasteiger partial charge is 0.318 e. The standard InChI is InChI=1S/C56H36N6/c1-58-52-53(59-44-26-10-2-18-35(44)36-19-3-11-27-45(36)59)43(34-57)54(60-46-28-12-4-20-37(46)38-21-5-13-29-47(38)60)56(62-50-32-16-8-24-41(50)42-25-9-17-33-51(42)62)55(52)61-48-30-14-6-22-39(48)40-23-7-15-31-49(40)61/h2-7,10-23,26-33H,8-9,24-25H2. The summed E-state index contributed by atoms with van der Waals surface area (Å²) >= 11 is 0. The van der Waals surface area contributed by atoms with Crippen LogP contribution in [0.15, 0.2) is 158 Å². The summed E-state index contributed by atoms with van der Waals surface area (Å²) in [6.07, 6.45) is 12.9. The van der Waals surface area contributed by atoms with Gasteiger partial charge in [0.05, 0.1) is 68.0 Å². The Bertz CT molecular complexity index is 3550. The summed E-state index contributed by atoms with van der Waals surface area (Å²) in [5.41, 5.74) is 14.5. The quantitative estimate of drug-likeness (QED) is 0.164. The van der Waals surface area contributed by atoms with Crippen molar-refractivity contribution in [2.75, 3.05) is 0 Å². The minimum absolute atomic E-state index is 0.412. The topological polar surface area (TPSA) is 47.9 Å². The van der Waals surface area contributed by atoms with E-state index in [0.717, 1.165) is 120 Å². The highest BCUT2D eigenvalue weighted by atomic mass is 15.1. The highest BCUT2D eigenvalue weighted by Gasteiger charge is 2.36. The molecule has 0 unspecified atom stereocenters. The molecule has 0 spiro atoms. The van der Waals surface area contributed by atoms with Gasteiger partial charge in [-0.25, -0.2) is 4.85 Å². The van der Waals surface area contributed by atoms with Gasteiger partial charge in [0.2, 0.25) is 5.69 Å². The van der Waals surface area contributed by atoms with E-state index in [0.29, 0.717) is 16.9 Å². The molecule has 7 aromatic carbocycles. The predicted octanol–water partition coefficient (Wildman–Crippen LogP) is 14.1. The molecule has 6 heteroatoms. The number of benzene rings is 7. The van der Waals surface area contributed by atoms with Crippen LogP contribution in [0.5, 0.6) is 0 Å². The van der Waals surface area contributed by atoms with Crippen LogP contribution in [-0.4, -0.2) is 18.3 Å². The number of hydrogen-bond acceptors (Lipinski definition) is 1. The molecule has 0 atom stereocenters. The molecule has 2 aliphatic carbocycles. The SMILES string of the molecule is [C-]#[N+]c1c(-n2c3ccccc3c3ccccc32)c(C#N)c(-n2c3ccccc3c3ccccc32)c(-n2c3c(c4c2C=CCC4)CCC=C3)c1-n1c2ccccc2c2ccccc21. The van der Waals surface area contributed by atoms with Crippen LogP contribution in [0.2, 0.25) is 0 Å². The van der Waals surface area contributed by atoms with Crippen molar-refractivity contribution in [3.8, 4) is 28.8 Å². The Morgan fingerprint density at radius 3 is 1.11 bits per heavy atom. The molecule has 62 heavy (non-hydrogen) atoms. The maximum atomic E-state index is 12.1. The number of allylic oxidation sites excluding steroid dienone is 2. The van der Waals surface area contributed by atoms with Gasteiger partial charge in [-0.2, -0.15) is 5.26 Å². The van der Waals surface area contributed by atoms with E-state index in [-0.39, 0.29) is 0 Å². The minimum atomic E-state index is 0.412. The lowest BCUT2D eigenvalue weighted by molar-refractivity contribution is 0.922. The van der Waals surface area contributed by atoms with Gasteiger partial charge >= 0.3 is 0 Å². The second-order valence-electron chi connectivity index (χ2n) is 16.4. The van der Waals surface area contributed by atoms with E-state index >= 15 is 0 Å². The van der Waals surface area contributed by atoms with Gasteiger partial charge in [-0.05, 0) is 85.4 Å². The number of fused-ring (bicyclic) bond motifs is 12. The summed E-state index contributed by atoms with van der Waals surface area (Å²) in [5.74, 6) is 0. The summed E-state index contributed by atoms with van der Waals surface area (Å²) in [5, 5.41) is 18.7. The van der Waals surface area contributed by atoms with Gasteiger partial charge < -0.3 is 18.3 Å². The lowest BCUT2D eigenvalue weighted by Gasteiger charge is -2.28. The van der Waals surface area contributed by atoms with E-state index in [1.807, 2.05) is 0 Å². The molecule has 0 saturated heterocycles. The van der Waals surface area contributed by atoms with Gasteiger partial charge in [0, 0.05) is 43.7 Å². The molecule has 6 nitrogen and oxygen atoms in total. The third kappa shape index (κ3) is 4.50. The fraction of sp³-hybridized carbons (Fsp3) is 0.0714. The Morgan fingerprint density at radius 2 is 0.758 bits per heavy atom. The molecule has 0 radical (unpaired) electrons. The van der Waals surface area contributed by atoms with Gasteiger partial charge in [0.25, 0.3) is 0 Å². The number of rotatable bonds is 4. The van der Waals surface area contributed by atoms with Crippen LogP contribution in [0.4, 0.5) is 5.69 Å². The number of aromatic nitrogens is 4. The Hall–Kier alpha value is -8.32. The van der Waals surface area contributed by atoms with Crippen LogP contribution in [-0.2, 0) is 12.8 Å². The number of nitriles is 1. The van der Waals surface area contributed by atoms with E-state index in [4.69, 9.17) is 0 Å². The summed E-state index contributed by atoms with van der Waals surface area (Å²) in [6, 6.07) is 53.7. The monoisotopic (exact) mass is 792 g/mol. The molecule has 0 saturated carbocycles. The third-order valence-electron chi connectivity index (χ3n) is 13.4. The minimum Gasteiger partial charge on any atom is -0.318 e. The van der Waals surface area contributed by atoms with Crippen molar-refractivity contribution < 1.29 is 0 Å². The zero-order chi connectivity index (χ0) is 41.1. The van der Waals surface area contributed by atoms with Crippen molar-refractivity contribution in [1.82, 2.24) is 18.3 Å². The summed E-state index contributed by atoms with van der Waals surface area (Å²) in [4.78, 5) is 4.66. The lowest BCUT2D eigenvalue weighted by atomic mass is 9.94. The van der Waals surface area contributed by atoms with E-state index < -0.39 is 0 Å². The first-order chi connectivity index (χ1) is 30.8. The fourth-order valence-electron chi connectivity index (χ4n) is 10.9. The van der Waals surface area contributed by atoms with E-state index in [1.165, 1.54) is 11.1 Å². The first-order valence-corrected chi connectivity index (χ1v) is 21.3. The van der Waals surface area contributed by atoms with Crippen LogP contribution >= 0.6 is 0 Å². The Labute approximate surface area is 357 Å². The van der Waals surface area contributed by atoms with Gasteiger partial charge in [-0.3, -0.25) is 0 Å². The molecular weight excluding hydrogens is 757 g/mol. The van der Waals surface area contributed by atoms with Crippen LogP contribution in [0.25, 0.3) is 105 Å². The van der Waals surface area contributed by atoms with E-state index in [9.17, 15) is 11.8 Å². The molecule has 0 amide bonds. The zero-order valence-corrected chi connectivity index (χ0v) is 33.7. The van der Waals surface area contributed by atoms with E-state index in [2.05, 4.69) is 199 Å². The van der Waals surface area contributed by atoms with E-state index in [1.54, 1.807) is 0 Å². The molecule has 4 heterocycles. The highest BCUT2D eigenvalue weighted by molar-refractivity contribution is 6.15. The Balaban J connectivity index is 1.38. The summed E-state index contributed by atoms with van der Waals surface area (Å²) < 4.78 is 9.24. The molecule has 2 aliphatic rings. The molecule has 290 valence electrons. The molecule has 0 N–H and O–H groups in total. The molecule has 0 fully saturated rings. The van der Waals surface area contributed by atoms with Crippen LogP contribution in [0.1, 0.15) is 40.9 Å². The van der Waals surface area contributed by atoms with Crippen molar-refractivity contribution in [1.29, 1.82) is 5.26 Å². The first kappa shape index (κ1) is 34.5. The van der Waals surface area contributed by atoms with Crippen molar-refractivity contribution in [2.24, 2.45) is 0 Å². The summed E-state index contributed by atoms with van der Waals surface area (Å²) in [7, 11) is 0. The number of para-hydroxylation sites is 6. The molecule has 0 bridgehead atoms. The average Bonchev–Trinajstić information content (AvgIpc) is 4.06. The van der Waals surface area contributed by atoms with Gasteiger partial charge in [-0.15, -0.1) is 0 Å². The zero-order valence-electron chi connectivity index (χ0n) is 33.7. The molecule has 11 aromatic rings. The van der Waals surface area contributed by atoms with Crippen LogP contribution in [0.3, 0.4) is 0 Å². The maximum absolute atomic E-state index is 12.1. The van der Waals surface area contributed by atoms with Crippen molar-refractivity contribution in [3.63, 3.8) is 0 Å². The Kier molecular flexibility index (Phi) is 7.29. The second-order valence-corrected chi connectivity index (χ2v) is 16.4. The van der Waals surface area contributed by atoms with Gasteiger partial charge in [-0.1, -0.05) is 121 Å². The van der Waals surface area contributed by atoms with Gasteiger partial charge in [0.15, 0.2) is 0 Å².